The molecule has 0 aliphatic carbocycles. The Bertz CT molecular complexity index is 45.5. The third-order valence-electron chi connectivity index (χ3n) is 0.208. The molecule has 0 unspecified atom stereocenters. The van der Waals surface area contributed by atoms with Crippen LogP contribution in [0.3, 0.4) is 0 Å². The van der Waals surface area contributed by atoms with Crippen molar-refractivity contribution in [1.82, 2.24) is 0 Å². The van der Waals surface area contributed by atoms with Crippen LogP contribution in [0.4, 0.5) is 0 Å². The van der Waals surface area contributed by atoms with Crippen molar-refractivity contribution in [3.8, 4) is 0 Å². The summed E-state index contributed by atoms with van der Waals surface area (Å²) in [5.41, 5.74) is 0. The van der Waals surface area contributed by atoms with Crippen LogP contribution in [0.25, 0.3) is 0 Å². The van der Waals surface area contributed by atoms with E-state index in [2.05, 4.69) is 9.35 Å². The number of hydrogen-bond donors (Lipinski definition) is 2. The van der Waals surface area contributed by atoms with E-state index in [4.69, 9.17) is 9.79 Å². The van der Waals surface area contributed by atoms with Gasteiger partial charge < -0.3 is 0 Å². The van der Waals surface area contributed by atoms with Gasteiger partial charge in [-0.05, 0) is 0 Å². The van der Waals surface area contributed by atoms with E-state index >= 15 is 0 Å². The van der Waals surface area contributed by atoms with Crippen LogP contribution in [0.2, 0.25) is 0 Å². The largest absolute Gasteiger partial charge is 0.640 e. The summed E-state index contributed by atoms with van der Waals surface area (Å²) in [7, 11) is -3.14. The molecule has 6 heavy (non-hydrogen) atoms. The summed E-state index contributed by atoms with van der Waals surface area (Å²) in [5.74, 6) is 0. The minimum Gasteiger partial charge on any atom is -0.164 e. The molecular formula is H2O4PTi+. The Morgan fingerprint density at radius 3 is 1.33 bits per heavy atom. The van der Waals surface area contributed by atoms with Gasteiger partial charge in [0.05, 0.1) is 9.35 Å². The van der Waals surface area contributed by atoms with E-state index in [-0.39, 0.29) is 21.7 Å². The molecule has 2 N–H and O–H groups in total. The second-order valence-corrected chi connectivity index (χ2v) is 1.92. The maximum atomic E-state index is 7.85. The van der Waals surface area contributed by atoms with Crippen LogP contribution in [0.15, 0.2) is 0 Å². The SMILES string of the molecule is O[P+]1(O)OO1.[Ti]. The second-order valence-electron chi connectivity index (χ2n) is 0.640. The molecule has 1 fully saturated rings. The topological polar surface area (TPSA) is 65.5 Å². The molecule has 0 saturated carbocycles. The molecule has 4 nitrogen and oxygen atoms in total. The molecule has 0 aromatic carbocycles. The van der Waals surface area contributed by atoms with Crippen molar-refractivity contribution in [2.24, 2.45) is 0 Å². The predicted octanol–water partition coefficient (Wildman–Crippen LogP) is -0.392. The first kappa shape index (κ1) is 6.98. The Labute approximate surface area is 49.6 Å². The Balaban J connectivity index is 0.000000250. The molecule has 0 aromatic heterocycles. The minimum absolute atomic E-state index is 0. The van der Waals surface area contributed by atoms with Crippen LogP contribution in [0, 0.1) is 0 Å². The molecule has 0 aromatic rings. The average molecular weight is 145 g/mol. The van der Waals surface area contributed by atoms with E-state index in [1.54, 1.807) is 0 Å². The summed E-state index contributed by atoms with van der Waals surface area (Å²) < 4.78 is 7.24. The van der Waals surface area contributed by atoms with Gasteiger partial charge in [-0.25, -0.2) is 0 Å². The Morgan fingerprint density at radius 2 is 1.33 bits per heavy atom. The molecule has 0 spiro atoms. The van der Waals surface area contributed by atoms with Gasteiger partial charge in [-0.2, -0.15) is 9.79 Å². The van der Waals surface area contributed by atoms with E-state index in [0.717, 1.165) is 0 Å². The third-order valence-corrected chi connectivity index (χ3v) is 0.624. The van der Waals surface area contributed by atoms with Gasteiger partial charge in [0.15, 0.2) is 0 Å². The Hall–Kier alpha value is 0.984. The summed E-state index contributed by atoms with van der Waals surface area (Å²) in [4.78, 5) is 15.7. The van der Waals surface area contributed by atoms with Gasteiger partial charge in [0.25, 0.3) is 0 Å². The zero-order valence-electron chi connectivity index (χ0n) is 2.66. The molecule has 1 rings (SSSR count). The van der Waals surface area contributed by atoms with E-state index < -0.39 is 8.17 Å². The van der Waals surface area contributed by atoms with E-state index in [1.807, 2.05) is 0 Å². The number of rotatable bonds is 0. The van der Waals surface area contributed by atoms with Crippen LogP contribution in [-0.4, -0.2) is 9.79 Å². The first-order chi connectivity index (χ1) is 2.21. The molecule has 1 aliphatic rings. The monoisotopic (exact) mass is 145 g/mol. The molecular weight excluding hydrogens is 143 g/mol. The van der Waals surface area contributed by atoms with Gasteiger partial charge in [-0.3, -0.25) is 0 Å². The van der Waals surface area contributed by atoms with Crippen molar-refractivity contribution in [3.63, 3.8) is 0 Å². The predicted molar refractivity (Wildman–Crippen MR) is 13.5 cm³/mol. The zero-order chi connectivity index (χ0) is 3.91. The van der Waals surface area contributed by atoms with Crippen LogP contribution in [-0.2, 0) is 31.1 Å². The fourth-order valence-corrected chi connectivity index (χ4v) is 0.268. The molecule has 34 valence electrons. The van der Waals surface area contributed by atoms with Crippen LogP contribution in [0.1, 0.15) is 0 Å². The molecule has 0 amide bonds. The molecule has 0 atom stereocenters. The first-order valence-corrected chi connectivity index (χ1v) is 2.46. The van der Waals surface area contributed by atoms with Gasteiger partial charge in [0.2, 0.25) is 0 Å². The van der Waals surface area contributed by atoms with Gasteiger partial charge in [-0.15, -0.1) is 0 Å². The van der Waals surface area contributed by atoms with Gasteiger partial charge in [0, 0.05) is 21.7 Å². The van der Waals surface area contributed by atoms with E-state index in [0.29, 0.717) is 0 Å². The fourth-order valence-electron chi connectivity index (χ4n) is 0.0298. The van der Waals surface area contributed by atoms with Crippen molar-refractivity contribution >= 4 is 8.17 Å². The summed E-state index contributed by atoms with van der Waals surface area (Å²) in [5, 5.41) is 0. The van der Waals surface area contributed by atoms with Crippen molar-refractivity contribution in [2.75, 3.05) is 0 Å². The van der Waals surface area contributed by atoms with Crippen LogP contribution >= 0.6 is 8.17 Å². The van der Waals surface area contributed by atoms with Gasteiger partial charge in [-0.1, -0.05) is 0 Å². The summed E-state index contributed by atoms with van der Waals surface area (Å²) >= 11 is 0. The molecule has 1 heterocycles. The Morgan fingerprint density at radius 1 is 1.17 bits per heavy atom. The average Bonchev–Trinajstić information content (AvgIpc) is 1.76. The number of hydrogen-bond acceptors (Lipinski definition) is 4. The zero-order valence-corrected chi connectivity index (χ0v) is 5.11. The van der Waals surface area contributed by atoms with Crippen molar-refractivity contribution in [2.45, 2.75) is 0 Å². The van der Waals surface area contributed by atoms with Crippen LogP contribution in [0.5, 0.6) is 0 Å². The summed E-state index contributed by atoms with van der Waals surface area (Å²) in [6, 6.07) is 0. The van der Waals surface area contributed by atoms with Crippen molar-refractivity contribution in [3.05, 3.63) is 0 Å². The van der Waals surface area contributed by atoms with E-state index in [9.17, 15) is 0 Å². The fraction of sp³-hybridized carbons (Fsp3) is 0. The minimum atomic E-state index is -3.14. The van der Waals surface area contributed by atoms with E-state index in [1.165, 1.54) is 0 Å². The standard InChI is InChI=1S/H2O4P.Ti/c1-5(2)3-4-5;/h1-2H;/q+1;. The second kappa shape index (κ2) is 1.84. The smallest absolute Gasteiger partial charge is 0.164 e. The first-order valence-electron chi connectivity index (χ1n) is 0.932. The normalized spacial score (nSPS) is 25.0. The van der Waals surface area contributed by atoms with Gasteiger partial charge >= 0.3 is 8.17 Å². The quantitative estimate of drug-likeness (QED) is 0.211. The summed E-state index contributed by atoms with van der Waals surface area (Å²) in [6.07, 6.45) is 0. The molecule has 1 aliphatic heterocycles. The van der Waals surface area contributed by atoms with Gasteiger partial charge in [0.1, 0.15) is 0 Å². The van der Waals surface area contributed by atoms with Crippen molar-refractivity contribution in [1.29, 1.82) is 0 Å². The molecule has 1 saturated heterocycles. The third kappa shape index (κ3) is 2.21. The molecule has 6 heteroatoms. The maximum absolute atomic E-state index is 7.85. The summed E-state index contributed by atoms with van der Waals surface area (Å²) in [6.45, 7) is 0. The van der Waals surface area contributed by atoms with Crippen LogP contribution < -0.4 is 0 Å². The Kier molecular flexibility index (Phi) is 2.14. The molecule has 0 radical (unpaired) electrons. The maximum Gasteiger partial charge on any atom is 0.640 e. The van der Waals surface area contributed by atoms with Crippen molar-refractivity contribution < 1.29 is 40.9 Å². The molecule has 0 bridgehead atoms.